The Hall–Kier alpha value is -1.99. The zero-order valence-corrected chi connectivity index (χ0v) is 16.7. The predicted molar refractivity (Wildman–Crippen MR) is 114 cm³/mol. The van der Waals surface area contributed by atoms with Crippen molar-refractivity contribution in [1.82, 2.24) is 9.88 Å². The molecule has 0 bridgehead atoms. The monoisotopic (exact) mass is 397 g/mol. The summed E-state index contributed by atoms with van der Waals surface area (Å²) in [6.07, 6.45) is 3.45. The minimum absolute atomic E-state index is 0.0662. The molecule has 5 nitrogen and oxygen atoms in total. The number of nitrogen functional groups attached to an aromatic ring is 1. The molecule has 1 atom stereocenters. The number of hydrogen-bond acceptors (Lipinski definition) is 6. The summed E-state index contributed by atoms with van der Waals surface area (Å²) in [5.41, 5.74) is 7.68. The third kappa shape index (κ3) is 3.91. The van der Waals surface area contributed by atoms with E-state index < -0.39 is 5.72 Å². The number of aliphatic hydroxyl groups is 2. The van der Waals surface area contributed by atoms with Crippen LogP contribution < -0.4 is 5.73 Å². The number of thiazole rings is 1. The number of aliphatic hydroxyl groups excluding tert-OH is 1. The van der Waals surface area contributed by atoms with Gasteiger partial charge in [-0.1, -0.05) is 47.7 Å². The molecule has 1 unspecified atom stereocenters. The lowest BCUT2D eigenvalue weighted by molar-refractivity contribution is -0.140. The molecule has 0 spiro atoms. The standard InChI is InChI=1S/C22H27N3O2S/c23-21-24-19-7-6-18(15-20(19)28-21)22(27,10-13-26)25-11-8-17(9-12-25)14-16-4-2-1-3-5-16/h1-7,15,17,26-27H,8-14H2,(H2,23,24). The van der Waals surface area contributed by atoms with E-state index >= 15 is 0 Å². The highest BCUT2D eigenvalue weighted by Crippen LogP contribution is 2.36. The predicted octanol–water partition coefficient (Wildman–Crippen LogP) is 3.36. The molecule has 3 aromatic rings. The summed E-state index contributed by atoms with van der Waals surface area (Å²) in [6.45, 7) is 1.57. The smallest absolute Gasteiger partial charge is 0.181 e. The number of rotatable bonds is 6. The van der Waals surface area contributed by atoms with Crippen molar-refractivity contribution >= 4 is 26.7 Å². The van der Waals surface area contributed by atoms with Gasteiger partial charge in [0.05, 0.1) is 10.2 Å². The van der Waals surface area contributed by atoms with Crippen LogP contribution in [-0.4, -0.2) is 39.8 Å². The molecule has 4 N–H and O–H groups in total. The highest BCUT2D eigenvalue weighted by Gasteiger charge is 2.38. The van der Waals surface area contributed by atoms with Gasteiger partial charge in [0, 0.05) is 31.7 Å². The Labute approximate surface area is 169 Å². The number of fused-ring (bicyclic) bond motifs is 1. The first kappa shape index (κ1) is 19.3. The van der Waals surface area contributed by atoms with Crippen molar-refractivity contribution in [1.29, 1.82) is 0 Å². The number of nitrogens with zero attached hydrogens (tertiary/aromatic N) is 2. The number of aromatic nitrogens is 1. The van der Waals surface area contributed by atoms with Gasteiger partial charge in [0.2, 0.25) is 0 Å². The quantitative estimate of drug-likeness (QED) is 0.594. The molecule has 0 saturated carbocycles. The van der Waals surface area contributed by atoms with Crippen LogP contribution >= 0.6 is 11.3 Å². The van der Waals surface area contributed by atoms with Gasteiger partial charge in [-0.25, -0.2) is 4.98 Å². The fourth-order valence-electron chi connectivity index (χ4n) is 4.29. The number of nitrogens with two attached hydrogens (primary N) is 1. The zero-order valence-electron chi connectivity index (χ0n) is 15.9. The second-order valence-corrected chi connectivity index (χ2v) is 8.71. The lowest BCUT2D eigenvalue weighted by atomic mass is 9.87. The van der Waals surface area contributed by atoms with Gasteiger partial charge in [-0.05, 0) is 42.9 Å². The SMILES string of the molecule is Nc1nc2ccc(C(O)(CCO)N3CCC(Cc4ccccc4)CC3)cc2s1. The number of likely N-dealkylation sites (tertiary alicyclic amines) is 1. The Morgan fingerprint density at radius 2 is 1.89 bits per heavy atom. The summed E-state index contributed by atoms with van der Waals surface area (Å²) >= 11 is 1.42. The molecule has 2 heterocycles. The second kappa shape index (κ2) is 8.17. The Morgan fingerprint density at radius 3 is 2.61 bits per heavy atom. The van der Waals surface area contributed by atoms with E-state index in [0.717, 1.165) is 48.1 Å². The largest absolute Gasteiger partial charge is 0.396 e. The molecule has 6 heteroatoms. The van der Waals surface area contributed by atoms with Gasteiger partial charge in [0.15, 0.2) is 5.13 Å². The second-order valence-electron chi connectivity index (χ2n) is 7.64. The minimum Gasteiger partial charge on any atom is -0.396 e. The molecular weight excluding hydrogens is 370 g/mol. The third-order valence-corrected chi connectivity index (χ3v) is 6.68. The van der Waals surface area contributed by atoms with Crippen molar-refractivity contribution < 1.29 is 10.2 Å². The minimum atomic E-state index is -1.17. The molecule has 4 rings (SSSR count). The average molecular weight is 398 g/mol. The summed E-state index contributed by atoms with van der Waals surface area (Å²) in [5, 5.41) is 21.7. The molecule has 28 heavy (non-hydrogen) atoms. The van der Waals surface area contributed by atoms with E-state index in [1.54, 1.807) is 0 Å². The number of anilines is 1. The maximum atomic E-state index is 11.6. The van der Waals surface area contributed by atoms with Gasteiger partial charge < -0.3 is 15.9 Å². The Morgan fingerprint density at radius 1 is 1.14 bits per heavy atom. The molecule has 0 radical (unpaired) electrons. The number of piperidine rings is 1. The molecule has 148 valence electrons. The summed E-state index contributed by atoms with van der Waals surface area (Å²) in [4.78, 5) is 6.42. The van der Waals surface area contributed by atoms with Gasteiger partial charge in [-0.3, -0.25) is 4.90 Å². The van der Waals surface area contributed by atoms with Crippen molar-refractivity contribution in [3.63, 3.8) is 0 Å². The van der Waals surface area contributed by atoms with Crippen molar-refractivity contribution in [2.45, 2.75) is 31.4 Å². The average Bonchev–Trinajstić information content (AvgIpc) is 3.08. The molecule has 1 aromatic heterocycles. The van der Waals surface area contributed by atoms with E-state index in [2.05, 4.69) is 40.2 Å². The van der Waals surface area contributed by atoms with Gasteiger partial charge >= 0.3 is 0 Å². The van der Waals surface area contributed by atoms with Crippen molar-refractivity contribution in [3.05, 3.63) is 59.7 Å². The van der Waals surface area contributed by atoms with Crippen LogP contribution in [0.1, 0.15) is 30.4 Å². The molecule has 1 saturated heterocycles. The lowest BCUT2D eigenvalue weighted by Gasteiger charge is -2.44. The van der Waals surface area contributed by atoms with E-state index in [-0.39, 0.29) is 13.0 Å². The first-order valence-electron chi connectivity index (χ1n) is 9.87. The van der Waals surface area contributed by atoms with Crippen LogP contribution in [0.2, 0.25) is 0 Å². The summed E-state index contributed by atoms with van der Waals surface area (Å²) < 4.78 is 0.963. The summed E-state index contributed by atoms with van der Waals surface area (Å²) in [5.74, 6) is 0.626. The fourth-order valence-corrected chi connectivity index (χ4v) is 5.06. The number of hydrogen-bond donors (Lipinski definition) is 3. The highest BCUT2D eigenvalue weighted by molar-refractivity contribution is 7.22. The maximum absolute atomic E-state index is 11.6. The topological polar surface area (TPSA) is 82.6 Å². The third-order valence-electron chi connectivity index (χ3n) is 5.83. The van der Waals surface area contributed by atoms with E-state index in [9.17, 15) is 10.2 Å². The van der Waals surface area contributed by atoms with Gasteiger partial charge in [0.25, 0.3) is 0 Å². The first-order chi connectivity index (χ1) is 13.6. The Bertz CT molecular complexity index is 922. The Kier molecular flexibility index (Phi) is 5.64. The molecule has 0 amide bonds. The normalized spacial score (nSPS) is 18.4. The molecule has 1 aliphatic heterocycles. The van der Waals surface area contributed by atoms with Crippen molar-refractivity contribution in [3.8, 4) is 0 Å². The van der Waals surface area contributed by atoms with Crippen LogP contribution in [0.25, 0.3) is 10.2 Å². The van der Waals surface area contributed by atoms with Crippen LogP contribution in [-0.2, 0) is 12.1 Å². The van der Waals surface area contributed by atoms with E-state index in [4.69, 9.17) is 5.73 Å². The molecular formula is C22H27N3O2S. The van der Waals surface area contributed by atoms with Crippen molar-refractivity contribution in [2.24, 2.45) is 5.92 Å². The maximum Gasteiger partial charge on any atom is 0.181 e. The van der Waals surface area contributed by atoms with Crippen LogP contribution in [0, 0.1) is 5.92 Å². The molecule has 2 aromatic carbocycles. The summed E-state index contributed by atoms with van der Waals surface area (Å²) in [7, 11) is 0. The van der Waals surface area contributed by atoms with Gasteiger partial charge in [0.1, 0.15) is 5.72 Å². The highest BCUT2D eigenvalue weighted by atomic mass is 32.1. The summed E-state index contributed by atoms with van der Waals surface area (Å²) in [6, 6.07) is 16.4. The van der Waals surface area contributed by atoms with Gasteiger partial charge in [-0.15, -0.1) is 0 Å². The van der Waals surface area contributed by atoms with Crippen LogP contribution in [0.4, 0.5) is 5.13 Å². The molecule has 1 fully saturated rings. The van der Waals surface area contributed by atoms with Crippen molar-refractivity contribution in [2.75, 3.05) is 25.4 Å². The van der Waals surface area contributed by atoms with Crippen LogP contribution in [0.3, 0.4) is 0 Å². The zero-order chi connectivity index (χ0) is 19.6. The molecule has 0 aliphatic carbocycles. The van der Waals surface area contributed by atoms with Gasteiger partial charge in [-0.2, -0.15) is 0 Å². The Balaban J connectivity index is 1.50. The lowest BCUT2D eigenvalue weighted by Crippen LogP contribution is -2.50. The fraction of sp³-hybridized carbons (Fsp3) is 0.409. The van der Waals surface area contributed by atoms with E-state index in [0.29, 0.717) is 11.0 Å². The van der Waals surface area contributed by atoms with Crippen LogP contribution in [0.5, 0.6) is 0 Å². The van der Waals surface area contributed by atoms with Crippen LogP contribution in [0.15, 0.2) is 48.5 Å². The number of benzene rings is 2. The van der Waals surface area contributed by atoms with E-state index in [1.165, 1.54) is 16.9 Å². The van der Waals surface area contributed by atoms with E-state index in [1.807, 2.05) is 18.2 Å². The first-order valence-corrected chi connectivity index (χ1v) is 10.7. The molecule has 1 aliphatic rings.